The van der Waals surface area contributed by atoms with Crippen LogP contribution in [0.1, 0.15) is 30.5 Å². The monoisotopic (exact) mass is 359 g/mol. The quantitative estimate of drug-likeness (QED) is 0.520. The minimum Gasteiger partial charge on any atom is -0.443 e. The fraction of sp³-hybridized carbons (Fsp3) is 0.208. The molecule has 0 heterocycles. The molecule has 0 aliphatic rings. The summed E-state index contributed by atoms with van der Waals surface area (Å²) >= 11 is 0. The minimum absolute atomic E-state index is 0.0162. The molecule has 138 valence electrons. The number of ether oxygens (including phenoxy) is 1. The number of carbonyl (C=O) groups excluding carboxylic acids is 1. The van der Waals surface area contributed by atoms with E-state index in [0.717, 1.165) is 16.7 Å². The summed E-state index contributed by atoms with van der Waals surface area (Å²) < 4.78 is 6.26. The summed E-state index contributed by atoms with van der Waals surface area (Å²) in [4.78, 5) is 13.0. The van der Waals surface area contributed by atoms with Gasteiger partial charge in [0.1, 0.15) is 6.04 Å². The van der Waals surface area contributed by atoms with Crippen molar-refractivity contribution in [3.8, 4) is 0 Å². The molecular weight excluding hydrogens is 334 g/mol. The Morgan fingerprint density at radius 3 is 1.37 bits per heavy atom. The van der Waals surface area contributed by atoms with Crippen molar-refractivity contribution < 1.29 is 9.53 Å². The molecule has 3 heteroatoms. The van der Waals surface area contributed by atoms with Gasteiger partial charge in [0.15, 0.2) is 5.60 Å². The molecule has 27 heavy (non-hydrogen) atoms. The first-order valence-electron chi connectivity index (χ1n) is 9.20. The zero-order chi connectivity index (χ0) is 19.3. The van der Waals surface area contributed by atoms with E-state index in [0.29, 0.717) is 0 Å². The van der Waals surface area contributed by atoms with Gasteiger partial charge in [0.25, 0.3) is 0 Å². The normalized spacial score (nSPS) is 12.6. The van der Waals surface area contributed by atoms with Crippen LogP contribution in [0.3, 0.4) is 0 Å². The molecule has 0 fully saturated rings. The molecule has 3 aromatic rings. The number of carbonyl (C=O) groups is 1. The first kappa shape index (κ1) is 18.9. The lowest BCUT2D eigenvalue weighted by Crippen LogP contribution is -2.44. The van der Waals surface area contributed by atoms with Gasteiger partial charge in [0.2, 0.25) is 0 Å². The maximum Gasteiger partial charge on any atom is 0.324 e. The molecule has 0 spiro atoms. The van der Waals surface area contributed by atoms with Crippen LogP contribution >= 0.6 is 0 Å². The molecule has 0 saturated carbocycles. The highest BCUT2D eigenvalue weighted by molar-refractivity contribution is 5.77. The van der Waals surface area contributed by atoms with E-state index in [1.807, 2.05) is 105 Å². The van der Waals surface area contributed by atoms with Crippen molar-refractivity contribution in [3.05, 3.63) is 108 Å². The Kier molecular flexibility index (Phi) is 5.72. The lowest BCUT2D eigenvalue weighted by molar-refractivity contribution is -0.156. The second-order valence-electron chi connectivity index (χ2n) is 6.97. The molecule has 0 saturated heterocycles. The molecule has 0 unspecified atom stereocenters. The molecule has 2 N–H and O–H groups in total. The van der Waals surface area contributed by atoms with Crippen molar-refractivity contribution in [2.45, 2.75) is 25.5 Å². The van der Waals surface area contributed by atoms with E-state index >= 15 is 0 Å². The standard InChI is InChI=1S/C24H25NO2/c1-18(2)22(25)23(26)27-24(19-12-6-3-7-13-19,20-14-8-4-9-15-20)21-16-10-5-11-17-21/h3-18,22H,25H2,1-2H3/t22-/m1/s1. The Morgan fingerprint density at radius 2 is 1.07 bits per heavy atom. The fourth-order valence-corrected chi connectivity index (χ4v) is 3.19. The number of nitrogens with two attached hydrogens (primary N) is 1. The van der Waals surface area contributed by atoms with Crippen LogP contribution in [0.5, 0.6) is 0 Å². The summed E-state index contributed by atoms with van der Waals surface area (Å²) in [6, 6.07) is 28.7. The number of benzene rings is 3. The second-order valence-corrected chi connectivity index (χ2v) is 6.97. The van der Waals surface area contributed by atoms with Crippen molar-refractivity contribution in [3.63, 3.8) is 0 Å². The van der Waals surface area contributed by atoms with Crippen LogP contribution in [-0.2, 0) is 15.1 Å². The number of hydrogen-bond donors (Lipinski definition) is 1. The van der Waals surface area contributed by atoms with Gasteiger partial charge >= 0.3 is 5.97 Å². The third kappa shape index (κ3) is 3.79. The predicted octanol–water partition coefficient (Wildman–Crippen LogP) is 4.51. The van der Waals surface area contributed by atoms with Crippen LogP contribution in [0.25, 0.3) is 0 Å². The van der Waals surface area contributed by atoms with Crippen LogP contribution in [0.2, 0.25) is 0 Å². The van der Waals surface area contributed by atoms with E-state index in [-0.39, 0.29) is 5.92 Å². The molecule has 1 atom stereocenters. The first-order chi connectivity index (χ1) is 13.1. The smallest absolute Gasteiger partial charge is 0.324 e. The van der Waals surface area contributed by atoms with E-state index < -0.39 is 17.6 Å². The molecule has 0 bridgehead atoms. The van der Waals surface area contributed by atoms with Crippen LogP contribution in [-0.4, -0.2) is 12.0 Å². The minimum atomic E-state index is -1.06. The van der Waals surface area contributed by atoms with Crippen molar-refractivity contribution in [2.75, 3.05) is 0 Å². The Labute approximate surface area is 160 Å². The van der Waals surface area contributed by atoms with Crippen LogP contribution < -0.4 is 5.73 Å². The maximum atomic E-state index is 13.0. The highest BCUT2D eigenvalue weighted by atomic mass is 16.6. The lowest BCUT2D eigenvalue weighted by atomic mass is 9.80. The Morgan fingerprint density at radius 1 is 0.741 bits per heavy atom. The third-order valence-electron chi connectivity index (χ3n) is 4.79. The van der Waals surface area contributed by atoms with Gasteiger partial charge in [0, 0.05) is 16.7 Å². The van der Waals surface area contributed by atoms with Gasteiger partial charge in [-0.15, -0.1) is 0 Å². The summed E-state index contributed by atoms with van der Waals surface area (Å²) in [5.74, 6) is -0.431. The summed E-state index contributed by atoms with van der Waals surface area (Å²) in [6.45, 7) is 3.84. The average molecular weight is 359 g/mol. The van der Waals surface area contributed by atoms with Crippen LogP contribution in [0, 0.1) is 5.92 Å². The fourth-order valence-electron chi connectivity index (χ4n) is 3.19. The van der Waals surface area contributed by atoms with Crippen LogP contribution in [0.4, 0.5) is 0 Å². The average Bonchev–Trinajstić information content (AvgIpc) is 2.73. The molecule has 0 aromatic heterocycles. The van der Waals surface area contributed by atoms with Gasteiger partial charge in [0.05, 0.1) is 0 Å². The number of esters is 1. The SMILES string of the molecule is CC(C)[C@@H](N)C(=O)OC(c1ccccc1)(c1ccccc1)c1ccccc1. The second kappa shape index (κ2) is 8.19. The Hall–Kier alpha value is -2.91. The first-order valence-corrected chi connectivity index (χ1v) is 9.20. The molecule has 3 rings (SSSR count). The van der Waals surface area contributed by atoms with E-state index in [1.165, 1.54) is 0 Å². The molecular formula is C24H25NO2. The molecule has 3 nitrogen and oxygen atoms in total. The zero-order valence-electron chi connectivity index (χ0n) is 15.7. The lowest BCUT2D eigenvalue weighted by Gasteiger charge is -2.36. The van der Waals surface area contributed by atoms with E-state index in [4.69, 9.17) is 10.5 Å². The van der Waals surface area contributed by atoms with Gasteiger partial charge in [-0.05, 0) is 5.92 Å². The Bertz CT molecular complexity index is 764. The zero-order valence-corrected chi connectivity index (χ0v) is 15.7. The molecule has 0 aliphatic heterocycles. The highest BCUT2D eigenvalue weighted by Crippen LogP contribution is 2.40. The topological polar surface area (TPSA) is 52.3 Å². The van der Waals surface area contributed by atoms with Gasteiger partial charge in [-0.1, -0.05) is 105 Å². The number of hydrogen-bond acceptors (Lipinski definition) is 3. The molecule has 0 radical (unpaired) electrons. The summed E-state index contributed by atoms with van der Waals surface area (Å²) in [6.07, 6.45) is 0. The van der Waals surface area contributed by atoms with Gasteiger partial charge in [-0.2, -0.15) is 0 Å². The predicted molar refractivity (Wildman–Crippen MR) is 108 cm³/mol. The summed E-state index contributed by atoms with van der Waals surface area (Å²) in [7, 11) is 0. The molecule has 3 aromatic carbocycles. The summed E-state index contributed by atoms with van der Waals surface area (Å²) in [5.41, 5.74) is 7.71. The Balaban J connectivity index is 2.25. The van der Waals surface area contributed by atoms with Crippen molar-refractivity contribution >= 4 is 5.97 Å². The van der Waals surface area contributed by atoms with Crippen molar-refractivity contribution in [1.82, 2.24) is 0 Å². The van der Waals surface area contributed by atoms with Crippen molar-refractivity contribution in [2.24, 2.45) is 11.7 Å². The third-order valence-corrected chi connectivity index (χ3v) is 4.79. The van der Waals surface area contributed by atoms with Crippen LogP contribution in [0.15, 0.2) is 91.0 Å². The van der Waals surface area contributed by atoms with Gasteiger partial charge < -0.3 is 10.5 Å². The maximum absolute atomic E-state index is 13.0. The number of rotatable bonds is 6. The largest absolute Gasteiger partial charge is 0.443 e. The van der Waals surface area contributed by atoms with Gasteiger partial charge in [-0.3, -0.25) is 4.79 Å². The molecule has 0 amide bonds. The van der Waals surface area contributed by atoms with E-state index in [9.17, 15) is 4.79 Å². The highest BCUT2D eigenvalue weighted by Gasteiger charge is 2.41. The van der Waals surface area contributed by atoms with E-state index in [1.54, 1.807) is 0 Å². The van der Waals surface area contributed by atoms with Gasteiger partial charge in [-0.25, -0.2) is 0 Å². The molecule has 0 aliphatic carbocycles. The van der Waals surface area contributed by atoms with E-state index in [2.05, 4.69) is 0 Å². The van der Waals surface area contributed by atoms with Crippen molar-refractivity contribution in [1.29, 1.82) is 0 Å². The summed E-state index contributed by atoms with van der Waals surface area (Å²) in [5, 5.41) is 0.